The summed E-state index contributed by atoms with van der Waals surface area (Å²) >= 11 is 0. The molecule has 0 aromatic heterocycles. The number of amides is 1. The van der Waals surface area contributed by atoms with Crippen molar-refractivity contribution in [3.8, 4) is 0 Å². The number of para-hydroxylation sites is 1. The molecule has 24 heavy (non-hydrogen) atoms. The molecule has 2 rings (SSSR count). The maximum Gasteiger partial charge on any atom is 0.501 e. The molecule has 1 aromatic carbocycles. The van der Waals surface area contributed by atoms with Crippen LogP contribution in [0.2, 0.25) is 0 Å². The van der Waals surface area contributed by atoms with E-state index in [1.165, 1.54) is 18.2 Å². The van der Waals surface area contributed by atoms with Crippen molar-refractivity contribution in [3.05, 3.63) is 24.3 Å². The molecule has 5 nitrogen and oxygen atoms in total. The van der Waals surface area contributed by atoms with Crippen LogP contribution in [0.25, 0.3) is 0 Å². The van der Waals surface area contributed by atoms with Crippen LogP contribution in [-0.2, 0) is 14.6 Å². The fraction of sp³-hybridized carbons (Fsp3) is 0.533. The molecule has 1 aliphatic rings. The number of hydrogen-bond acceptors (Lipinski definition) is 4. The summed E-state index contributed by atoms with van der Waals surface area (Å²) in [7, 11) is -5.47. The van der Waals surface area contributed by atoms with Crippen LogP contribution in [0.4, 0.5) is 18.9 Å². The van der Waals surface area contributed by atoms with E-state index in [0.717, 1.165) is 6.07 Å². The maximum absolute atomic E-state index is 12.8. The van der Waals surface area contributed by atoms with E-state index in [-0.39, 0.29) is 18.0 Å². The molecule has 1 heterocycles. The van der Waals surface area contributed by atoms with Crippen molar-refractivity contribution < 1.29 is 26.4 Å². The molecular weight excluding hydrogens is 345 g/mol. The van der Waals surface area contributed by atoms with Gasteiger partial charge in [0.15, 0.2) is 0 Å². The molecule has 0 radical (unpaired) electrons. The zero-order valence-corrected chi connectivity index (χ0v) is 14.3. The highest BCUT2D eigenvalue weighted by Crippen LogP contribution is 2.35. The Morgan fingerprint density at radius 3 is 2.25 bits per heavy atom. The number of alkyl halides is 3. The van der Waals surface area contributed by atoms with Crippen LogP contribution in [0.1, 0.15) is 27.2 Å². The number of hydrogen-bond donors (Lipinski definition) is 1. The Labute approximate surface area is 138 Å². The molecule has 0 aliphatic carbocycles. The molecule has 134 valence electrons. The first-order chi connectivity index (χ1) is 10.8. The lowest BCUT2D eigenvalue weighted by molar-refractivity contribution is -0.131. The number of carbonyl (C=O) groups is 1. The highest BCUT2D eigenvalue weighted by Gasteiger charge is 2.48. The van der Waals surface area contributed by atoms with Gasteiger partial charge in [-0.25, -0.2) is 8.42 Å². The quantitative estimate of drug-likeness (QED) is 0.896. The van der Waals surface area contributed by atoms with Crippen molar-refractivity contribution in [2.45, 2.75) is 49.2 Å². The van der Waals surface area contributed by atoms with Crippen molar-refractivity contribution in [3.63, 3.8) is 0 Å². The number of sulfone groups is 1. The number of rotatable bonds is 3. The molecule has 1 atom stereocenters. The van der Waals surface area contributed by atoms with Gasteiger partial charge in [-0.15, -0.1) is 0 Å². The summed E-state index contributed by atoms with van der Waals surface area (Å²) in [5.74, 6) is -0.129. The third-order valence-electron chi connectivity index (χ3n) is 3.78. The molecular formula is C15H19F3N2O3S. The van der Waals surface area contributed by atoms with E-state index in [1.54, 1.807) is 4.90 Å². The van der Waals surface area contributed by atoms with Crippen LogP contribution in [-0.4, -0.2) is 42.9 Å². The van der Waals surface area contributed by atoms with E-state index in [2.05, 4.69) is 5.32 Å². The third kappa shape index (κ3) is 3.50. The van der Waals surface area contributed by atoms with Gasteiger partial charge < -0.3 is 10.2 Å². The Hall–Kier alpha value is -1.77. The lowest BCUT2D eigenvalue weighted by atomic mass is 10.1. The van der Waals surface area contributed by atoms with Gasteiger partial charge in [-0.2, -0.15) is 13.2 Å². The first kappa shape index (κ1) is 18.6. The van der Waals surface area contributed by atoms with Crippen molar-refractivity contribution in [2.75, 3.05) is 11.9 Å². The lowest BCUT2D eigenvalue weighted by Crippen LogP contribution is -2.43. The number of halogens is 3. The summed E-state index contributed by atoms with van der Waals surface area (Å²) < 4.78 is 61.8. The molecule has 0 spiro atoms. The number of nitrogens with zero attached hydrogens (tertiary/aromatic N) is 1. The zero-order valence-electron chi connectivity index (χ0n) is 13.5. The van der Waals surface area contributed by atoms with Gasteiger partial charge in [-0.05, 0) is 32.9 Å². The molecule has 1 unspecified atom stereocenters. The number of nitrogens with one attached hydrogen (secondary N) is 1. The summed E-state index contributed by atoms with van der Waals surface area (Å²) in [5, 5.41) is 2.78. The summed E-state index contributed by atoms with van der Waals surface area (Å²) in [4.78, 5) is 12.8. The molecule has 1 aromatic rings. The SMILES string of the molecule is CC(C)(C)N1CC(Nc2ccccc2S(=O)(=O)C(F)(F)F)CC1=O. The van der Waals surface area contributed by atoms with E-state index in [9.17, 15) is 26.4 Å². The van der Waals surface area contributed by atoms with E-state index >= 15 is 0 Å². The van der Waals surface area contributed by atoms with Gasteiger partial charge in [-0.1, -0.05) is 12.1 Å². The second-order valence-corrected chi connectivity index (χ2v) is 8.58. The monoisotopic (exact) mass is 364 g/mol. The molecule has 1 fully saturated rings. The number of anilines is 1. The minimum Gasteiger partial charge on any atom is -0.379 e. The van der Waals surface area contributed by atoms with E-state index in [4.69, 9.17) is 0 Å². The lowest BCUT2D eigenvalue weighted by Gasteiger charge is -2.32. The van der Waals surface area contributed by atoms with Gasteiger partial charge in [0, 0.05) is 18.5 Å². The van der Waals surface area contributed by atoms with Crippen molar-refractivity contribution in [1.29, 1.82) is 0 Å². The fourth-order valence-corrected chi connectivity index (χ4v) is 3.54. The smallest absolute Gasteiger partial charge is 0.379 e. The first-order valence-corrected chi connectivity index (χ1v) is 8.80. The average molecular weight is 364 g/mol. The predicted octanol–water partition coefficient (Wildman–Crippen LogP) is 2.79. The second-order valence-electron chi connectivity index (χ2n) is 6.67. The first-order valence-electron chi connectivity index (χ1n) is 7.31. The van der Waals surface area contributed by atoms with Gasteiger partial charge in [0.1, 0.15) is 0 Å². The zero-order chi connectivity index (χ0) is 18.3. The van der Waals surface area contributed by atoms with E-state index < -0.39 is 31.8 Å². The minimum atomic E-state index is -5.47. The topological polar surface area (TPSA) is 66.5 Å². The Kier molecular flexibility index (Phi) is 4.60. The van der Waals surface area contributed by atoms with Crippen molar-refractivity contribution in [2.24, 2.45) is 0 Å². The molecule has 0 saturated carbocycles. The third-order valence-corrected chi connectivity index (χ3v) is 5.32. The van der Waals surface area contributed by atoms with Crippen LogP contribution in [0.5, 0.6) is 0 Å². The highest BCUT2D eigenvalue weighted by molar-refractivity contribution is 7.92. The Balaban J connectivity index is 2.29. The van der Waals surface area contributed by atoms with Crippen molar-refractivity contribution >= 4 is 21.4 Å². The van der Waals surface area contributed by atoms with Crippen LogP contribution >= 0.6 is 0 Å². The molecule has 1 saturated heterocycles. The van der Waals surface area contributed by atoms with E-state index in [1.807, 2.05) is 20.8 Å². The number of likely N-dealkylation sites (tertiary alicyclic amines) is 1. The van der Waals surface area contributed by atoms with Gasteiger partial charge >= 0.3 is 5.51 Å². The predicted molar refractivity (Wildman–Crippen MR) is 83.2 cm³/mol. The average Bonchev–Trinajstić information content (AvgIpc) is 2.78. The Bertz CT molecular complexity index is 739. The summed E-state index contributed by atoms with van der Waals surface area (Å²) in [6.07, 6.45) is 0.0949. The Morgan fingerprint density at radius 1 is 1.17 bits per heavy atom. The van der Waals surface area contributed by atoms with Gasteiger partial charge in [0.2, 0.25) is 5.91 Å². The molecule has 1 aliphatic heterocycles. The van der Waals surface area contributed by atoms with Crippen molar-refractivity contribution in [1.82, 2.24) is 4.90 Å². The van der Waals surface area contributed by atoms with Gasteiger partial charge in [0.05, 0.1) is 16.6 Å². The largest absolute Gasteiger partial charge is 0.501 e. The summed E-state index contributed by atoms with van der Waals surface area (Å²) in [6, 6.07) is 4.38. The molecule has 9 heteroatoms. The fourth-order valence-electron chi connectivity index (χ4n) is 2.62. The van der Waals surface area contributed by atoms with Crippen LogP contribution in [0.3, 0.4) is 0 Å². The highest BCUT2D eigenvalue weighted by atomic mass is 32.2. The molecule has 1 amide bonds. The van der Waals surface area contributed by atoms with Gasteiger partial charge in [-0.3, -0.25) is 4.79 Å². The number of carbonyl (C=O) groups excluding carboxylic acids is 1. The summed E-state index contributed by atoms with van der Waals surface area (Å²) in [6.45, 7) is 5.86. The van der Waals surface area contributed by atoms with E-state index in [0.29, 0.717) is 6.54 Å². The molecule has 1 N–H and O–H groups in total. The Morgan fingerprint density at radius 2 is 1.75 bits per heavy atom. The van der Waals surface area contributed by atoms with Crippen LogP contribution < -0.4 is 5.32 Å². The molecule has 0 bridgehead atoms. The van der Waals surface area contributed by atoms with Crippen LogP contribution in [0.15, 0.2) is 29.2 Å². The normalized spacial score (nSPS) is 19.7. The summed E-state index contributed by atoms with van der Waals surface area (Å²) in [5.41, 5.74) is -5.94. The van der Waals surface area contributed by atoms with Gasteiger partial charge in [0.25, 0.3) is 9.84 Å². The second kappa shape index (κ2) is 5.94. The standard InChI is InChI=1S/C15H19F3N2O3S/c1-14(2,3)20-9-10(8-13(20)21)19-11-6-4-5-7-12(11)24(22,23)15(16,17)18/h4-7,10,19H,8-9H2,1-3H3. The number of benzene rings is 1. The maximum atomic E-state index is 12.8. The minimum absolute atomic E-state index is 0.0949. The van der Waals surface area contributed by atoms with Crippen LogP contribution in [0, 0.1) is 0 Å².